The van der Waals surface area contributed by atoms with Crippen molar-refractivity contribution in [2.24, 2.45) is 0 Å². The fourth-order valence-corrected chi connectivity index (χ4v) is 1.48. The van der Waals surface area contributed by atoms with Crippen LogP contribution in [0.5, 0.6) is 0 Å². The van der Waals surface area contributed by atoms with Crippen molar-refractivity contribution in [1.29, 1.82) is 0 Å². The van der Waals surface area contributed by atoms with Crippen LogP contribution >= 0.6 is 0 Å². The Bertz CT molecular complexity index is 302. The zero-order chi connectivity index (χ0) is 12.1. The molecule has 1 atom stereocenters. The maximum absolute atomic E-state index is 11.3. The Labute approximate surface area is 94.9 Å². The monoisotopic (exact) mass is 251 g/mol. The number of piperazine rings is 1. The Kier molecular flexibility index (Phi) is 4.65. The first-order chi connectivity index (χ1) is 7.50. The molecule has 1 unspecified atom stereocenters. The molecular weight excluding hydrogens is 238 g/mol. The molecule has 0 aromatic rings. The molecule has 8 nitrogen and oxygen atoms in total. The van der Waals surface area contributed by atoms with Gasteiger partial charge in [-0.3, -0.25) is 9.35 Å². The van der Waals surface area contributed by atoms with Crippen molar-refractivity contribution in [1.82, 2.24) is 14.7 Å². The van der Waals surface area contributed by atoms with Gasteiger partial charge < -0.3 is 14.6 Å². The maximum atomic E-state index is 11.3. The molecule has 16 heavy (non-hydrogen) atoms. The molecular formula is C7H13N3O5S. The third-order valence-corrected chi connectivity index (χ3v) is 2.41. The summed E-state index contributed by atoms with van der Waals surface area (Å²) >= 11 is -2.39. The quantitative estimate of drug-likeness (QED) is 0.481. The second-order valence-corrected chi connectivity index (χ2v) is 3.86. The molecule has 0 aliphatic carbocycles. The van der Waals surface area contributed by atoms with Crippen LogP contribution in [0, 0.1) is 0 Å². The second kappa shape index (κ2) is 5.77. The normalized spacial score (nSPS) is 18.1. The fraction of sp³-hybridized carbons (Fsp3) is 0.714. The van der Waals surface area contributed by atoms with E-state index in [2.05, 4.69) is 4.84 Å². The van der Waals surface area contributed by atoms with Crippen molar-refractivity contribution >= 4 is 23.3 Å². The summed E-state index contributed by atoms with van der Waals surface area (Å²) in [6.07, 6.45) is -0.731. The van der Waals surface area contributed by atoms with Gasteiger partial charge in [-0.15, -0.1) is 0 Å². The summed E-state index contributed by atoms with van der Waals surface area (Å²) in [6.45, 7) is 3.03. The Morgan fingerprint density at radius 1 is 1.25 bits per heavy atom. The lowest BCUT2D eigenvalue weighted by molar-refractivity contribution is -0.130. The Morgan fingerprint density at radius 2 is 1.75 bits per heavy atom. The summed E-state index contributed by atoms with van der Waals surface area (Å²) in [6, 6.07) is 0. The number of hydrogen-bond acceptors (Lipinski definition) is 4. The van der Waals surface area contributed by atoms with E-state index >= 15 is 0 Å². The van der Waals surface area contributed by atoms with Gasteiger partial charge in [0.2, 0.25) is 5.91 Å². The molecule has 2 N–H and O–H groups in total. The van der Waals surface area contributed by atoms with Gasteiger partial charge >= 0.3 is 6.09 Å². The number of amides is 2. The van der Waals surface area contributed by atoms with Crippen LogP contribution in [-0.4, -0.2) is 56.7 Å². The molecule has 9 heteroatoms. The predicted molar refractivity (Wildman–Crippen MR) is 54.2 cm³/mol. The minimum Gasteiger partial charge on any atom is -0.339 e. The highest BCUT2D eigenvalue weighted by Gasteiger charge is 2.23. The van der Waals surface area contributed by atoms with Gasteiger partial charge in [0.25, 0.3) is 11.3 Å². The van der Waals surface area contributed by atoms with Gasteiger partial charge in [-0.25, -0.2) is 9.00 Å². The summed E-state index contributed by atoms with van der Waals surface area (Å²) in [5, 5.41) is 0. The van der Waals surface area contributed by atoms with Crippen molar-refractivity contribution in [3.63, 3.8) is 0 Å². The van der Waals surface area contributed by atoms with E-state index in [1.165, 1.54) is 11.8 Å². The first-order valence-electron chi connectivity index (χ1n) is 4.58. The average Bonchev–Trinajstić information content (AvgIpc) is 2.26. The molecule has 0 aromatic heterocycles. The Hall–Kier alpha value is -1.19. The molecule has 0 radical (unpaired) electrons. The van der Waals surface area contributed by atoms with E-state index in [1.54, 1.807) is 9.79 Å². The molecule has 0 bridgehead atoms. The van der Waals surface area contributed by atoms with Crippen molar-refractivity contribution in [3.8, 4) is 0 Å². The minimum atomic E-state index is -2.39. The molecule has 0 saturated carbocycles. The number of nitrogens with one attached hydrogen (secondary N) is 1. The molecule has 2 amide bonds. The van der Waals surface area contributed by atoms with Crippen LogP contribution in [0.1, 0.15) is 6.92 Å². The second-order valence-electron chi connectivity index (χ2n) is 3.19. The first kappa shape index (κ1) is 12.9. The van der Waals surface area contributed by atoms with Gasteiger partial charge in [-0.2, -0.15) is 0 Å². The zero-order valence-electron chi connectivity index (χ0n) is 8.71. The van der Waals surface area contributed by atoms with E-state index in [9.17, 15) is 13.8 Å². The number of carbonyl (C=O) groups is 2. The van der Waals surface area contributed by atoms with Gasteiger partial charge in [-0.05, 0) is 4.89 Å². The smallest absolute Gasteiger partial charge is 0.339 e. The van der Waals surface area contributed by atoms with E-state index in [-0.39, 0.29) is 5.91 Å². The largest absolute Gasteiger partial charge is 0.429 e. The maximum Gasteiger partial charge on any atom is 0.429 e. The van der Waals surface area contributed by atoms with Crippen molar-refractivity contribution in [3.05, 3.63) is 0 Å². The van der Waals surface area contributed by atoms with Gasteiger partial charge in [0.15, 0.2) is 0 Å². The van der Waals surface area contributed by atoms with E-state index in [0.29, 0.717) is 26.2 Å². The van der Waals surface area contributed by atoms with Gasteiger partial charge in [0, 0.05) is 33.1 Å². The molecule has 1 fully saturated rings. The Morgan fingerprint density at radius 3 is 2.19 bits per heavy atom. The molecule has 1 rings (SSSR count). The van der Waals surface area contributed by atoms with Crippen molar-refractivity contribution in [2.45, 2.75) is 6.92 Å². The van der Waals surface area contributed by atoms with Crippen molar-refractivity contribution < 1.29 is 23.2 Å². The summed E-state index contributed by atoms with van der Waals surface area (Å²) in [5.74, 6) is -0.0393. The molecule has 1 aliphatic rings. The lowest BCUT2D eigenvalue weighted by atomic mass is 10.3. The molecule has 1 saturated heterocycles. The lowest BCUT2D eigenvalue weighted by Crippen LogP contribution is -2.50. The number of rotatable bonds is 2. The SMILES string of the molecule is CC(=O)N1CCN(C(=O)ONS(=O)O)CC1. The van der Waals surface area contributed by atoms with E-state index in [0.717, 1.165) is 0 Å². The van der Waals surface area contributed by atoms with Gasteiger partial charge in [-0.1, -0.05) is 0 Å². The minimum absolute atomic E-state index is 0.0393. The summed E-state index contributed by atoms with van der Waals surface area (Å²) in [5.41, 5.74) is 0. The van der Waals surface area contributed by atoms with Gasteiger partial charge in [0.05, 0.1) is 0 Å². The third kappa shape index (κ3) is 3.76. The van der Waals surface area contributed by atoms with Crippen molar-refractivity contribution in [2.75, 3.05) is 26.2 Å². The molecule has 92 valence electrons. The fourth-order valence-electron chi connectivity index (χ4n) is 1.34. The van der Waals surface area contributed by atoms with Gasteiger partial charge in [0.1, 0.15) is 0 Å². The Balaban J connectivity index is 2.33. The molecule has 0 aromatic carbocycles. The first-order valence-corrected chi connectivity index (χ1v) is 5.69. The number of hydrogen-bond donors (Lipinski definition) is 2. The van der Waals surface area contributed by atoms with Crippen LogP contribution in [-0.2, 0) is 20.9 Å². The predicted octanol–water partition coefficient (Wildman–Crippen LogP) is -1.07. The number of nitrogens with zero attached hydrogens (tertiary/aromatic N) is 2. The molecule has 1 heterocycles. The van der Waals surface area contributed by atoms with E-state index in [4.69, 9.17) is 4.55 Å². The zero-order valence-corrected chi connectivity index (χ0v) is 9.53. The standard InChI is InChI=1S/C7H13N3O5S/c1-6(11)9-2-4-10(5-3-9)7(12)15-8-16(13)14/h8H,2-5H2,1H3,(H,13,14). The van der Waals surface area contributed by atoms with Crippen LogP contribution < -0.4 is 4.89 Å². The van der Waals surface area contributed by atoms with Crippen LogP contribution in [0.25, 0.3) is 0 Å². The molecule has 0 spiro atoms. The van der Waals surface area contributed by atoms with Crippen LogP contribution in [0.2, 0.25) is 0 Å². The summed E-state index contributed by atoms with van der Waals surface area (Å²) < 4.78 is 18.5. The highest BCUT2D eigenvalue weighted by molar-refractivity contribution is 7.76. The topological polar surface area (TPSA) is 99.2 Å². The third-order valence-electron chi connectivity index (χ3n) is 2.18. The number of carbonyl (C=O) groups excluding carboxylic acids is 2. The molecule has 1 aliphatic heterocycles. The van der Waals surface area contributed by atoms with E-state index in [1.807, 2.05) is 0 Å². The lowest BCUT2D eigenvalue weighted by Gasteiger charge is -2.33. The highest BCUT2D eigenvalue weighted by Crippen LogP contribution is 2.03. The summed E-state index contributed by atoms with van der Waals surface area (Å²) in [4.78, 5) is 31.2. The van der Waals surface area contributed by atoms with E-state index < -0.39 is 17.4 Å². The summed E-state index contributed by atoms with van der Waals surface area (Å²) in [7, 11) is 0. The highest BCUT2D eigenvalue weighted by atomic mass is 32.2. The van der Waals surface area contributed by atoms with Crippen LogP contribution in [0.15, 0.2) is 0 Å². The van der Waals surface area contributed by atoms with Crippen LogP contribution in [0.3, 0.4) is 0 Å². The average molecular weight is 251 g/mol. The van der Waals surface area contributed by atoms with Crippen LogP contribution in [0.4, 0.5) is 4.79 Å².